The number of Topliss-reactive ketones (excluding diaryl/α,β-unsaturated/α-hetero) is 1. The monoisotopic (exact) mass is 350 g/mol. The first-order chi connectivity index (χ1) is 12.7. The second-order valence-corrected chi connectivity index (χ2v) is 6.18. The second kappa shape index (κ2) is 6.67. The Morgan fingerprint density at radius 1 is 1.12 bits per heavy atom. The van der Waals surface area contributed by atoms with Gasteiger partial charge in [-0.05, 0) is 30.2 Å². The van der Waals surface area contributed by atoms with Gasteiger partial charge in [0.25, 0.3) is 0 Å². The molecule has 5 heteroatoms. The summed E-state index contributed by atoms with van der Waals surface area (Å²) in [6, 6.07) is 14.9. The van der Waals surface area contributed by atoms with E-state index in [9.17, 15) is 9.59 Å². The van der Waals surface area contributed by atoms with Crippen LogP contribution in [0.3, 0.4) is 0 Å². The summed E-state index contributed by atoms with van der Waals surface area (Å²) in [7, 11) is 0. The van der Waals surface area contributed by atoms with Crippen LogP contribution in [0, 0.1) is 5.92 Å². The minimum absolute atomic E-state index is 0.175. The van der Waals surface area contributed by atoms with Crippen molar-refractivity contribution < 1.29 is 23.8 Å². The number of carbonyl (C=O) groups is 2. The van der Waals surface area contributed by atoms with Crippen LogP contribution < -0.4 is 9.47 Å². The van der Waals surface area contributed by atoms with Crippen molar-refractivity contribution in [3.05, 3.63) is 65.7 Å². The molecule has 0 N–H and O–H groups in total. The second-order valence-electron chi connectivity index (χ2n) is 6.18. The van der Waals surface area contributed by atoms with Gasteiger partial charge in [0.1, 0.15) is 5.92 Å². The van der Waals surface area contributed by atoms with Crippen molar-refractivity contribution in [1.82, 2.24) is 0 Å². The third kappa shape index (κ3) is 2.75. The first-order valence-electron chi connectivity index (χ1n) is 8.56. The van der Waals surface area contributed by atoms with E-state index < -0.39 is 17.8 Å². The molecule has 0 saturated heterocycles. The molecule has 1 aliphatic carbocycles. The molecule has 0 radical (unpaired) electrons. The molecular formula is C21H18O5. The van der Waals surface area contributed by atoms with Gasteiger partial charge in [0, 0.05) is 11.5 Å². The third-order valence-corrected chi connectivity index (χ3v) is 4.66. The fourth-order valence-corrected chi connectivity index (χ4v) is 3.44. The maximum atomic E-state index is 13.0. The van der Waals surface area contributed by atoms with Crippen molar-refractivity contribution >= 4 is 17.3 Å². The highest BCUT2D eigenvalue weighted by molar-refractivity contribution is 6.29. The van der Waals surface area contributed by atoms with Gasteiger partial charge in [-0.25, -0.2) is 0 Å². The van der Waals surface area contributed by atoms with E-state index in [1.54, 1.807) is 13.0 Å². The Morgan fingerprint density at radius 3 is 2.65 bits per heavy atom. The lowest BCUT2D eigenvalue weighted by molar-refractivity contribution is -0.150. The molecule has 0 amide bonds. The summed E-state index contributed by atoms with van der Waals surface area (Å²) in [5.41, 5.74) is 2.17. The van der Waals surface area contributed by atoms with Crippen LogP contribution in [-0.4, -0.2) is 25.2 Å². The molecular weight excluding hydrogens is 332 g/mol. The maximum Gasteiger partial charge on any atom is 0.317 e. The summed E-state index contributed by atoms with van der Waals surface area (Å²) in [6.07, 6.45) is 1.86. The fourth-order valence-electron chi connectivity index (χ4n) is 3.44. The predicted octanol–water partition coefficient (Wildman–Crippen LogP) is 3.34. The third-order valence-electron chi connectivity index (χ3n) is 4.66. The normalized spacial score (nSPS) is 20.8. The van der Waals surface area contributed by atoms with Gasteiger partial charge < -0.3 is 14.2 Å². The van der Waals surface area contributed by atoms with E-state index in [4.69, 9.17) is 14.2 Å². The van der Waals surface area contributed by atoms with Crippen LogP contribution in [0.5, 0.6) is 11.5 Å². The lowest BCUT2D eigenvalue weighted by Crippen LogP contribution is -2.27. The molecule has 0 spiro atoms. The lowest BCUT2D eigenvalue weighted by Gasteiger charge is -2.17. The highest BCUT2D eigenvalue weighted by Crippen LogP contribution is 2.43. The summed E-state index contributed by atoms with van der Waals surface area (Å²) in [5, 5.41) is 0. The molecule has 26 heavy (non-hydrogen) atoms. The molecule has 2 aliphatic rings. The van der Waals surface area contributed by atoms with Gasteiger partial charge in [-0.2, -0.15) is 0 Å². The number of allylic oxidation sites excluding steroid dienone is 2. The molecule has 5 nitrogen and oxygen atoms in total. The van der Waals surface area contributed by atoms with Crippen LogP contribution in [-0.2, 0) is 14.3 Å². The average molecular weight is 350 g/mol. The smallest absolute Gasteiger partial charge is 0.317 e. The van der Waals surface area contributed by atoms with Gasteiger partial charge in [0.15, 0.2) is 17.3 Å². The number of hydrogen-bond donors (Lipinski definition) is 0. The van der Waals surface area contributed by atoms with Crippen LogP contribution in [0.4, 0.5) is 0 Å². The van der Waals surface area contributed by atoms with Gasteiger partial charge in [-0.15, -0.1) is 0 Å². The molecule has 0 aromatic heterocycles. The zero-order valence-corrected chi connectivity index (χ0v) is 14.3. The van der Waals surface area contributed by atoms with E-state index in [-0.39, 0.29) is 19.2 Å². The van der Waals surface area contributed by atoms with E-state index in [1.807, 2.05) is 48.5 Å². The number of rotatable bonds is 4. The van der Waals surface area contributed by atoms with Crippen molar-refractivity contribution in [2.75, 3.05) is 13.4 Å². The SMILES string of the molecule is CCOC(=O)C1C(=O)C(c2ccccc2)=CC1c1ccc2c(c1)OCO2. The highest BCUT2D eigenvalue weighted by Gasteiger charge is 2.43. The molecule has 1 heterocycles. The minimum Gasteiger partial charge on any atom is -0.465 e. The van der Waals surface area contributed by atoms with Crippen LogP contribution in [0.25, 0.3) is 5.57 Å². The topological polar surface area (TPSA) is 61.8 Å². The Kier molecular flexibility index (Phi) is 4.21. The van der Waals surface area contributed by atoms with E-state index in [0.29, 0.717) is 17.1 Å². The number of fused-ring (bicyclic) bond motifs is 1. The fraction of sp³-hybridized carbons (Fsp3) is 0.238. The number of hydrogen-bond acceptors (Lipinski definition) is 5. The zero-order chi connectivity index (χ0) is 18.1. The first-order valence-corrected chi connectivity index (χ1v) is 8.56. The molecule has 0 bridgehead atoms. The summed E-state index contributed by atoms with van der Waals surface area (Å²) in [6.45, 7) is 2.14. The van der Waals surface area contributed by atoms with Crippen molar-refractivity contribution in [3.63, 3.8) is 0 Å². The number of ketones is 1. The summed E-state index contributed by atoms with van der Waals surface area (Å²) in [4.78, 5) is 25.5. The number of esters is 1. The number of ether oxygens (including phenoxy) is 3. The lowest BCUT2D eigenvalue weighted by atomic mass is 9.87. The van der Waals surface area contributed by atoms with Crippen LogP contribution in [0.15, 0.2) is 54.6 Å². The molecule has 2 aromatic carbocycles. The van der Waals surface area contributed by atoms with Crippen LogP contribution in [0.1, 0.15) is 24.0 Å². The molecule has 2 aromatic rings. The first kappa shape index (κ1) is 16.4. The van der Waals surface area contributed by atoms with Crippen LogP contribution in [0.2, 0.25) is 0 Å². The summed E-state index contributed by atoms with van der Waals surface area (Å²) in [5.74, 6) is -0.700. The standard InChI is InChI=1S/C21H18O5/c1-2-24-21(23)19-15(14-8-9-17-18(10-14)26-12-25-17)11-16(20(19)22)13-6-4-3-5-7-13/h3-11,15,19H,2,12H2,1H3. The van der Waals surface area contributed by atoms with Gasteiger partial charge in [-0.3, -0.25) is 9.59 Å². The van der Waals surface area contributed by atoms with Gasteiger partial charge in [-0.1, -0.05) is 42.5 Å². The Labute approximate surface area is 151 Å². The van der Waals surface area contributed by atoms with Gasteiger partial charge in [0.05, 0.1) is 6.61 Å². The molecule has 1 aliphatic heterocycles. The Hall–Kier alpha value is -3.08. The van der Waals surface area contributed by atoms with Gasteiger partial charge >= 0.3 is 5.97 Å². The Bertz CT molecular complexity index is 885. The Morgan fingerprint density at radius 2 is 1.88 bits per heavy atom. The van der Waals surface area contributed by atoms with Crippen molar-refractivity contribution in [1.29, 1.82) is 0 Å². The predicted molar refractivity (Wildman–Crippen MR) is 94.9 cm³/mol. The zero-order valence-electron chi connectivity index (χ0n) is 14.3. The van der Waals surface area contributed by atoms with E-state index in [2.05, 4.69) is 0 Å². The van der Waals surface area contributed by atoms with Crippen molar-refractivity contribution in [3.8, 4) is 11.5 Å². The Balaban J connectivity index is 1.76. The maximum absolute atomic E-state index is 13.0. The largest absolute Gasteiger partial charge is 0.465 e. The van der Waals surface area contributed by atoms with Gasteiger partial charge in [0.2, 0.25) is 6.79 Å². The quantitative estimate of drug-likeness (QED) is 0.625. The van der Waals surface area contributed by atoms with Crippen molar-refractivity contribution in [2.45, 2.75) is 12.8 Å². The highest BCUT2D eigenvalue weighted by atomic mass is 16.7. The van der Waals surface area contributed by atoms with Crippen LogP contribution >= 0.6 is 0 Å². The van der Waals surface area contributed by atoms with E-state index in [1.165, 1.54) is 0 Å². The summed E-state index contributed by atoms with van der Waals surface area (Å²) < 4.78 is 16.0. The molecule has 4 rings (SSSR count). The van der Waals surface area contributed by atoms with E-state index in [0.717, 1.165) is 11.1 Å². The molecule has 0 fully saturated rings. The molecule has 0 saturated carbocycles. The van der Waals surface area contributed by atoms with E-state index >= 15 is 0 Å². The minimum atomic E-state index is -0.884. The molecule has 2 unspecified atom stereocenters. The molecule has 132 valence electrons. The summed E-state index contributed by atoms with van der Waals surface area (Å²) >= 11 is 0. The molecule has 2 atom stereocenters. The number of carbonyl (C=O) groups excluding carboxylic acids is 2. The van der Waals surface area contributed by atoms with Crippen molar-refractivity contribution in [2.24, 2.45) is 5.92 Å². The average Bonchev–Trinajstić information content (AvgIpc) is 3.26. The number of benzene rings is 2.